The van der Waals surface area contributed by atoms with Crippen molar-refractivity contribution in [2.75, 3.05) is 11.9 Å². The van der Waals surface area contributed by atoms with Crippen molar-refractivity contribution in [2.24, 2.45) is 0 Å². The van der Waals surface area contributed by atoms with E-state index in [1.807, 2.05) is 32.0 Å². The molecule has 0 radical (unpaired) electrons. The smallest absolute Gasteiger partial charge is 0.348 e. The molecule has 2 aromatic rings. The third kappa shape index (κ3) is 3.44. The van der Waals surface area contributed by atoms with Crippen molar-refractivity contribution in [3.63, 3.8) is 0 Å². The van der Waals surface area contributed by atoms with Gasteiger partial charge in [0, 0.05) is 30.2 Å². The summed E-state index contributed by atoms with van der Waals surface area (Å²) in [6.07, 6.45) is 0. The van der Waals surface area contributed by atoms with Gasteiger partial charge in [-0.2, -0.15) is 4.98 Å². The largest absolute Gasteiger partial charge is 0.383 e. The molecule has 1 aromatic carbocycles. The third-order valence-electron chi connectivity index (χ3n) is 3.06. The monoisotopic (exact) mass is 257 g/mol. The van der Waals surface area contributed by atoms with E-state index >= 15 is 0 Å². The zero-order chi connectivity index (χ0) is 13.8. The molecule has 2 rings (SSSR count). The molecular weight excluding hydrogens is 238 g/mol. The standard InChI is InChI=1S/C15H19N3O/c1-11-4-6-14(7-5-11)16-8-9-18-13(3)10-12(2)17-15(18)19/h4-7,10,16H,8-9H2,1-3H3. The topological polar surface area (TPSA) is 46.9 Å². The number of rotatable bonds is 4. The Kier molecular flexibility index (Phi) is 4.00. The molecule has 1 aromatic heterocycles. The molecule has 0 saturated heterocycles. The summed E-state index contributed by atoms with van der Waals surface area (Å²) in [6, 6.07) is 10.1. The Bertz CT molecular complexity index is 614. The van der Waals surface area contributed by atoms with Crippen molar-refractivity contribution in [2.45, 2.75) is 27.3 Å². The molecule has 0 aliphatic rings. The highest BCUT2D eigenvalue weighted by atomic mass is 16.1. The minimum Gasteiger partial charge on any atom is -0.383 e. The molecule has 1 N–H and O–H groups in total. The van der Waals surface area contributed by atoms with Gasteiger partial charge in [0.15, 0.2) is 0 Å². The number of nitrogens with zero attached hydrogens (tertiary/aromatic N) is 2. The van der Waals surface area contributed by atoms with Gasteiger partial charge in [0.05, 0.1) is 0 Å². The molecule has 1 heterocycles. The third-order valence-corrected chi connectivity index (χ3v) is 3.06. The second-order valence-corrected chi connectivity index (χ2v) is 4.77. The van der Waals surface area contributed by atoms with Crippen LogP contribution in [0.3, 0.4) is 0 Å². The molecule has 4 nitrogen and oxygen atoms in total. The Hall–Kier alpha value is -2.10. The van der Waals surface area contributed by atoms with Gasteiger partial charge in [-0.1, -0.05) is 17.7 Å². The van der Waals surface area contributed by atoms with Crippen LogP contribution in [0.2, 0.25) is 0 Å². The van der Waals surface area contributed by atoms with Crippen LogP contribution in [0.15, 0.2) is 35.1 Å². The summed E-state index contributed by atoms with van der Waals surface area (Å²) in [5.74, 6) is 0. The van der Waals surface area contributed by atoms with Crippen LogP contribution in [-0.4, -0.2) is 16.1 Å². The lowest BCUT2D eigenvalue weighted by Crippen LogP contribution is -2.28. The molecule has 0 aliphatic carbocycles. The minimum atomic E-state index is -0.178. The van der Waals surface area contributed by atoms with Crippen molar-refractivity contribution in [3.8, 4) is 0 Å². The molecule has 0 saturated carbocycles. The first-order chi connectivity index (χ1) is 9.06. The predicted molar refractivity (Wildman–Crippen MR) is 77.6 cm³/mol. The van der Waals surface area contributed by atoms with Gasteiger partial charge in [-0.25, -0.2) is 4.79 Å². The van der Waals surface area contributed by atoms with Crippen molar-refractivity contribution >= 4 is 5.69 Å². The molecule has 4 heteroatoms. The maximum atomic E-state index is 11.8. The molecule has 0 aliphatic heterocycles. The van der Waals surface area contributed by atoms with E-state index in [4.69, 9.17) is 0 Å². The van der Waals surface area contributed by atoms with Crippen LogP contribution >= 0.6 is 0 Å². The van der Waals surface area contributed by atoms with Gasteiger partial charge < -0.3 is 5.32 Å². The highest BCUT2D eigenvalue weighted by Gasteiger charge is 2.02. The average molecular weight is 257 g/mol. The van der Waals surface area contributed by atoms with Gasteiger partial charge in [0.1, 0.15) is 0 Å². The van der Waals surface area contributed by atoms with Gasteiger partial charge in [-0.3, -0.25) is 4.57 Å². The number of nitrogens with one attached hydrogen (secondary N) is 1. The summed E-state index contributed by atoms with van der Waals surface area (Å²) >= 11 is 0. The van der Waals surface area contributed by atoms with E-state index < -0.39 is 0 Å². The predicted octanol–water partition coefficient (Wildman–Crippen LogP) is 2.28. The van der Waals surface area contributed by atoms with Crippen LogP contribution in [0.4, 0.5) is 5.69 Å². The number of hydrogen-bond donors (Lipinski definition) is 1. The maximum Gasteiger partial charge on any atom is 0.348 e. The van der Waals surface area contributed by atoms with E-state index in [1.54, 1.807) is 4.57 Å². The van der Waals surface area contributed by atoms with Gasteiger partial charge in [-0.05, 0) is 39.0 Å². The lowest BCUT2D eigenvalue weighted by atomic mass is 10.2. The summed E-state index contributed by atoms with van der Waals surface area (Å²) in [5, 5.41) is 3.30. The Morgan fingerprint density at radius 1 is 1.16 bits per heavy atom. The number of anilines is 1. The fourth-order valence-corrected chi connectivity index (χ4v) is 2.03. The zero-order valence-corrected chi connectivity index (χ0v) is 11.6. The van der Waals surface area contributed by atoms with Crippen molar-refractivity contribution in [1.82, 2.24) is 9.55 Å². The maximum absolute atomic E-state index is 11.8. The lowest BCUT2D eigenvalue weighted by molar-refractivity contribution is 0.648. The lowest BCUT2D eigenvalue weighted by Gasteiger charge is -2.11. The van der Waals surface area contributed by atoms with Crippen LogP contribution in [0.5, 0.6) is 0 Å². The minimum absolute atomic E-state index is 0.178. The fraction of sp³-hybridized carbons (Fsp3) is 0.333. The molecule has 100 valence electrons. The highest BCUT2D eigenvalue weighted by Crippen LogP contribution is 2.08. The van der Waals surface area contributed by atoms with E-state index in [2.05, 4.69) is 29.4 Å². The number of benzene rings is 1. The molecule has 0 fully saturated rings. The van der Waals surface area contributed by atoms with Gasteiger partial charge in [0.25, 0.3) is 0 Å². The van der Waals surface area contributed by atoms with Gasteiger partial charge in [0.2, 0.25) is 0 Å². The summed E-state index contributed by atoms with van der Waals surface area (Å²) in [5.41, 5.74) is 3.84. The molecule has 0 atom stereocenters. The second kappa shape index (κ2) is 5.69. The summed E-state index contributed by atoms with van der Waals surface area (Å²) in [4.78, 5) is 15.7. The average Bonchev–Trinajstić information content (AvgIpc) is 2.34. The van der Waals surface area contributed by atoms with E-state index in [0.717, 1.165) is 17.1 Å². The fourth-order valence-electron chi connectivity index (χ4n) is 2.03. The van der Waals surface area contributed by atoms with Crippen LogP contribution in [0, 0.1) is 20.8 Å². The Labute approximate surface area is 113 Å². The molecule has 0 spiro atoms. The van der Waals surface area contributed by atoms with Crippen molar-refractivity contribution in [3.05, 3.63) is 57.8 Å². The molecular formula is C15H19N3O. The Balaban J connectivity index is 2.00. The molecule has 0 bridgehead atoms. The summed E-state index contributed by atoms with van der Waals surface area (Å²) in [7, 11) is 0. The molecule has 19 heavy (non-hydrogen) atoms. The Morgan fingerprint density at radius 3 is 2.47 bits per heavy atom. The van der Waals surface area contributed by atoms with Crippen LogP contribution in [0.25, 0.3) is 0 Å². The molecule has 0 amide bonds. The van der Waals surface area contributed by atoms with E-state index in [9.17, 15) is 4.79 Å². The van der Waals surface area contributed by atoms with Crippen LogP contribution < -0.4 is 11.0 Å². The normalized spacial score (nSPS) is 10.5. The highest BCUT2D eigenvalue weighted by molar-refractivity contribution is 5.44. The quantitative estimate of drug-likeness (QED) is 0.914. The van der Waals surface area contributed by atoms with E-state index in [-0.39, 0.29) is 5.69 Å². The van der Waals surface area contributed by atoms with Crippen LogP contribution in [0.1, 0.15) is 17.0 Å². The number of aryl methyl sites for hydroxylation is 3. The van der Waals surface area contributed by atoms with Crippen LogP contribution in [-0.2, 0) is 6.54 Å². The van der Waals surface area contributed by atoms with Crippen molar-refractivity contribution in [1.29, 1.82) is 0 Å². The molecule has 0 unspecified atom stereocenters. The first-order valence-corrected chi connectivity index (χ1v) is 6.42. The van der Waals surface area contributed by atoms with Crippen molar-refractivity contribution < 1.29 is 0 Å². The van der Waals surface area contributed by atoms with Gasteiger partial charge in [-0.15, -0.1) is 0 Å². The zero-order valence-electron chi connectivity index (χ0n) is 11.6. The van der Waals surface area contributed by atoms with E-state index in [0.29, 0.717) is 13.1 Å². The van der Waals surface area contributed by atoms with Gasteiger partial charge >= 0.3 is 5.69 Å². The first-order valence-electron chi connectivity index (χ1n) is 6.42. The SMILES string of the molecule is Cc1ccc(NCCn2c(C)cc(C)nc2=O)cc1. The number of aromatic nitrogens is 2. The first kappa shape index (κ1) is 13.3. The van der Waals surface area contributed by atoms with E-state index in [1.165, 1.54) is 5.56 Å². The summed E-state index contributed by atoms with van der Waals surface area (Å²) < 4.78 is 1.69. The Morgan fingerprint density at radius 2 is 1.84 bits per heavy atom. The summed E-state index contributed by atoms with van der Waals surface area (Å²) in [6.45, 7) is 7.15. The second-order valence-electron chi connectivity index (χ2n) is 4.77. The number of hydrogen-bond acceptors (Lipinski definition) is 3.